The molecule has 0 aliphatic heterocycles. The van der Waals surface area contributed by atoms with Crippen LogP contribution in [0, 0.1) is 0 Å². The Morgan fingerprint density at radius 1 is 1.58 bits per heavy atom. The first-order valence-electron chi connectivity index (χ1n) is 4.07. The van der Waals surface area contributed by atoms with Gasteiger partial charge in [0.05, 0.1) is 0 Å². The van der Waals surface area contributed by atoms with E-state index in [9.17, 15) is 9.59 Å². The van der Waals surface area contributed by atoms with E-state index in [-0.39, 0.29) is 0 Å². The van der Waals surface area contributed by atoms with E-state index in [0.29, 0.717) is 19.3 Å². The molecule has 0 aromatic carbocycles. The summed E-state index contributed by atoms with van der Waals surface area (Å²) in [5.74, 6) is -0.959. The highest BCUT2D eigenvalue weighted by Gasteiger charge is 2.34. The molecule has 0 heterocycles. The van der Waals surface area contributed by atoms with Gasteiger partial charge in [-0.15, -0.1) is 0 Å². The van der Waals surface area contributed by atoms with Gasteiger partial charge in [0.1, 0.15) is 5.54 Å². The summed E-state index contributed by atoms with van der Waals surface area (Å²) < 4.78 is 0. The summed E-state index contributed by atoms with van der Waals surface area (Å²) in [4.78, 5) is 21.0. The minimum absolute atomic E-state index is 0.412. The molecule has 0 rings (SSSR count). The van der Waals surface area contributed by atoms with E-state index in [1.165, 1.54) is 0 Å². The third kappa shape index (κ3) is 2.22. The molecule has 0 spiro atoms. The van der Waals surface area contributed by atoms with Crippen molar-refractivity contribution >= 4 is 12.4 Å². The van der Waals surface area contributed by atoms with Gasteiger partial charge in [0, 0.05) is 0 Å². The second-order valence-electron chi connectivity index (χ2n) is 2.75. The number of carboxylic acid groups (broad SMARTS) is 1. The summed E-state index contributed by atoms with van der Waals surface area (Å²) >= 11 is 0. The highest BCUT2D eigenvalue weighted by molar-refractivity contribution is 5.81. The first-order chi connectivity index (χ1) is 5.63. The second kappa shape index (κ2) is 4.74. The van der Waals surface area contributed by atoms with Crippen LogP contribution in [0.3, 0.4) is 0 Å². The number of carbonyl (C=O) groups excluding carboxylic acids is 1. The summed E-state index contributed by atoms with van der Waals surface area (Å²) in [5, 5.41) is 11.2. The standard InChI is InChI=1S/C8H15NO3/c1-3-5-8(4-2,7(11)12)9-6-10/h6H,3-5H2,1-2H3,(H,9,10)(H,11,12). The topological polar surface area (TPSA) is 66.4 Å². The molecule has 1 unspecified atom stereocenters. The molecule has 0 radical (unpaired) electrons. The molecule has 4 nitrogen and oxygen atoms in total. The van der Waals surface area contributed by atoms with Crippen LogP contribution in [0.25, 0.3) is 0 Å². The minimum atomic E-state index is -1.06. The van der Waals surface area contributed by atoms with Gasteiger partial charge in [-0.1, -0.05) is 20.3 Å². The van der Waals surface area contributed by atoms with E-state index in [0.717, 1.165) is 6.42 Å². The largest absolute Gasteiger partial charge is 0.480 e. The Balaban J connectivity index is 4.49. The highest BCUT2D eigenvalue weighted by atomic mass is 16.4. The fourth-order valence-electron chi connectivity index (χ4n) is 1.21. The molecule has 0 fully saturated rings. The maximum Gasteiger partial charge on any atom is 0.329 e. The van der Waals surface area contributed by atoms with Gasteiger partial charge in [-0.05, 0) is 12.8 Å². The summed E-state index contributed by atoms with van der Waals surface area (Å²) in [5.41, 5.74) is -1.06. The summed E-state index contributed by atoms with van der Waals surface area (Å²) in [6.07, 6.45) is 2.07. The Hall–Kier alpha value is -1.06. The smallest absolute Gasteiger partial charge is 0.329 e. The van der Waals surface area contributed by atoms with Gasteiger partial charge in [-0.25, -0.2) is 4.79 Å². The quantitative estimate of drug-likeness (QED) is 0.583. The van der Waals surface area contributed by atoms with Crippen molar-refractivity contribution in [2.75, 3.05) is 0 Å². The lowest BCUT2D eigenvalue weighted by atomic mass is 9.91. The average molecular weight is 173 g/mol. The summed E-state index contributed by atoms with van der Waals surface area (Å²) in [6.45, 7) is 3.64. The predicted octanol–water partition coefficient (Wildman–Crippen LogP) is 0.766. The van der Waals surface area contributed by atoms with Gasteiger partial charge >= 0.3 is 5.97 Å². The minimum Gasteiger partial charge on any atom is -0.480 e. The molecule has 1 amide bonds. The fraction of sp³-hybridized carbons (Fsp3) is 0.750. The number of carboxylic acids is 1. The Labute approximate surface area is 72.0 Å². The van der Waals surface area contributed by atoms with Crippen LogP contribution in [0.1, 0.15) is 33.1 Å². The van der Waals surface area contributed by atoms with Crippen molar-refractivity contribution in [1.29, 1.82) is 0 Å². The lowest BCUT2D eigenvalue weighted by Crippen LogP contribution is -2.50. The number of hydrogen-bond acceptors (Lipinski definition) is 2. The first-order valence-corrected chi connectivity index (χ1v) is 4.07. The Kier molecular flexibility index (Phi) is 4.33. The van der Waals surface area contributed by atoms with Gasteiger partial charge in [0.2, 0.25) is 6.41 Å². The van der Waals surface area contributed by atoms with Crippen LogP contribution in [0.15, 0.2) is 0 Å². The van der Waals surface area contributed by atoms with Gasteiger partial charge in [0.25, 0.3) is 0 Å². The molecule has 0 aromatic heterocycles. The Morgan fingerprint density at radius 3 is 2.42 bits per heavy atom. The maximum atomic E-state index is 10.8. The number of nitrogens with one attached hydrogen (secondary N) is 1. The molecule has 70 valence electrons. The van der Waals surface area contributed by atoms with Crippen molar-refractivity contribution in [3.8, 4) is 0 Å². The number of amides is 1. The molecule has 0 saturated heterocycles. The maximum absolute atomic E-state index is 10.8. The van der Waals surface area contributed by atoms with Crippen LogP contribution < -0.4 is 5.32 Å². The van der Waals surface area contributed by atoms with E-state index >= 15 is 0 Å². The van der Waals surface area contributed by atoms with Crippen molar-refractivity contribution in [3.05, 3.63) is 0 Å². The zero-order chi connectivity index (χ0) is 9.61. The summed E-state index contributed by atoms with van der Waals surface area (Å²) in [6, 6.07) is 0. The van der Waals surface area contributed by atoms with Crippen LogP contribution in [-0.2, 0) is 9.59 Å². The van der Waals surface area contributed by atoms with Crippen molar-refractivity contribution in [1.82, 2.24) is 5.32 Å². The van der Waals surface area contributed by atoms with Crippen LogP contribution in [0.5, 0.6) is 0 Å². The molecule has 0 aromatic rings. The molecule has 2 N–H and O–H groups in total. The van der Waals surface area contributed by atoms with E-state index in [1.807, 2.05) is 6.92 Å². The lowest BCUT2D eigenvalue weighted by molar-refractivity contribution is -0.146. The van der Waals surface area contributed by atoms with Crippen LogP contribution >= 0.6 is 0 Å². The van der Waals surface area contributed by atoms with Crippen LogP contribution in [-0.4, -0.2) is 23.0 Å². The van der Waals surface area contributed by atoms with Crippen molar-refractivity contribution in [3.63, 3.8) is 0 Å². The predicted molar refractivity (Wildman–Crippen MR) is 44.8 cm³/mol. The number of hydrogen-bond donors (Lipinski definition) is 2. The zero-order valence-corrected chi connectivity index (χ0v) is 7.46. The summed E-state index contributed by atoms with van der Waals surface area (Å²) in [7, 11) is 0. The van der Waals surface area contributed by atoms with Gasteiger partial charge in [0.15, 0.2) is 0 Å². The molecule has 1 atom stereocenters. The molecule has 0 aliphatic rings. The van der Waals surface area contributed by atoms with E-state index < -0.39 is 11.5 Å². The zero-order valence-electron chi connectivity index (χ0n) is 7.46. The van der Waals surface area contributed by atoms with Crippen LogP contribution in [0.4, 0.5) is 0 Å². The molecular weight excluding hydrogens is 158 g/mol. The molecule has 0 bridgehead atoms. The average Bonchev–Trinajstić information content (AvgIpc) is 2.03. The molecule has 0 saturated carbocycles. The van der Waals surface area contributed by atoms with Crippen molar-refractivity contribution < 1.29 is 14.7 Å². The number of carbonyl (C=O) groups is 2. The second-order valence-corrected chi connectivity index (χ2v) is 2.75. The molecule has 12 heavy (non-hydrogen) atoms. The Bertz CT molecular complexity index is 170. The lowest BCUT2D eigenvalue weighted by Gasteiger charge is -2.26. The number of aliphatic carboxylic acids is 1. The Morgan fingerprint density at radius 2 is 2.17 bits per heavy atom. The highest BCUT2D eigenvalue weighted by Crippen LogP contribution is 2.16. The van der Waals surface area contributed by atoms with Crippen molar-refractivity contribution in [2.24, 2.45) is 0 Å². The molecule has 4 heteroatoms. The monoisotopic (exact) mass is 173 g/mol. The number of rotatable bonds is 6. The van der Waals surface area contributed by atoms with Gasteiger partial charge < -0.3 is 10.4 Å². The van der Waals surface area contributed by atoms with Gasteiger partial charge in [-0.2, -0.15) is 0 Å². The SMILES string of the molecule is CCCC(CC)(NC=O)C(=O)O. The molecule has 0 aliphatic carbocycles. The molecular formula is C8H15NO3. The fourth-order valence-corrected chi connectivity index (χ4v) is 1.21. The normalized spacial score (nSPS) is 14.8. The van der Waals surface area contributed by atoms with Crippen molar-refractivity contribution in [2.45, 2.75) is 38.6 Å². The van der Waals surface area contributed by atoms with E-state index in [2.05, 4.69) is 5.32 Å². The first kappa shape index (κ1) is 10.9. The van der Waals surface area contributed by atoms with E-state index in [4.69, 9.17) is 5.11 Å². The third-order valence-corrected chi connectivity index (χ3v) is 2.02. The van der Waals surface area contributed by atoms with E-state index in [1.54, 1.807) is 6.92 Å². The third-order valence-electron chi connectivity index (χ3n) is 2.02. The van der Waals surface area contributed by atoms with Crippen LogP contribution in [0.2, 0.25) is 0 Å². The van der Waals surface area contributed by atoms with Gasteiger partial charge in [-0.3, -0.25) is 4.79 Å².